The molecule has 4 aliphatic rings. The first-order chi connectivity index (χ1) is 14.6. The molecular formula is C20H26ClN7O2. The maximum atomic E-state index is 12.8. The molecule has 9 nitrogen and oxygen atoms in total. The summed E-state index contributed by atoms with van der Waals surface area (Å²) in [5, 5.41) is 3.58. The molecule has 0 aliphatic carbocycles. The van der Waals surface area contributed by atoms with Gasteiger partial charge in [0.2, 0.25) is 0 Å². The molecule has 5 rings (SSSR count). The lowest BCUT2D eigenvalue weighted by Gasteiger charge is -2.32. The molecule has 5 heterocycles. The normalized spacial score (nSPS) is 27.7. The molecule has 2 unspecified atom stereocenters. The topological polar surface area (TPSA) is 86.2 Å². The van der Waals surface area contributed by atoms with Crippen molar-refractivity contribution >= 4 is 23.5 Å². The number of urea groups is 1. The molecule has 0 aromatic carbocycles. The van der Waals surface area contributed by atoms with E-state index in [0.717, 1.165) is 56.6 Å². The van der Waals surface area contributed by atoms with Gasteiger partial charge in [-0.05, 0) is 18.8 Å². The van der Waals surface area contributed by atoms with Crippen LogP contribution in [-0.2, 0) is 11.3 Å². The van der Waals surface area contributed by atoms with E-state index >= 15 is 0 Å². The van der Waals surface area contributed by atoms with Gasteiger partial charge in [0.25, 0.3) is 0 Å². The summed E-state index contributed by atoms with van der Waals surface area (Å²) in [6, 6.07) is 0.316. The fraction of sp³-hybridized carbons (Fsp3) is 0.600. The zero-order valence-electron chi connectivity index (χ0n) is 17.0. The number of amidine groups is 1. The third-order valence-corrected chi connectivity index (χ3v) is 6.51. The van der Waals surface area contributed by atoms with Gasteiger partial charge in [-0.25, -0.2) is 19.8 Å². The second kappa shape index (κ2) is 8.13. The van der Waals surface area contributed by atoms with Crippen LogP contribution in [0.15, 0.2) is 29.4 Å². The lowest BCUT2D eigenvalue weighted by molar-refractivity contribution is 0.0459. The Hall–Kier alpha value is -2.23. The van der Waals surface area contributed by atoms with E-state index in [4.69, 9.17) is 21.3 Å². The molecular weight excluding hydrogens is 406 g/mol. The SMILES string of the molecule is CC1CN(Cc2ncc(Cl)cn2)CC1C1=NC2=CN(C3CCOCC3)CN2C(=O)N1. The number of carbonyl (C=O) groups excluding carboxylic acids is 1. The predicted octanol–water partition coefficient (Wildman–Crippen LogP) is 1.87. The van der Waals surface area contributed by atoms with Gasteiger partial charge in [0.1, 0.15) is 18.3 Å². The van der Waals surface area contributed by atoms with Crippen LogP contribution in [0.5, 0.6) is 0 Å². The van der Waals surface area contributed by atoms with Gasteiger partial charge in [0.05, 0.1) is 11.6 Å². The number of nitrogens with zero attached hydrogens (tertiary/aromatic N) is 6. The number of fused-ring (bicyclic) bond motifs is 1. The standard InChI is InChI=1S/C20H26ClN7O2/c1-13-8-26(10-17-22-6-14(21)7-23-17)9-16(13)19-24-18-11-27(12-28(18)20(29)25-19)15-2-4-30-5-3-15/h6-7,11,13,15-16H,2-5,8-10,12H2,1H3,(H,24,25,29). The predicted molar refractivity (Wildman–Crippen MR) is 111 cm³/mol. The number of halogens is 1. The first kappa shape index (κ1) is 19.7. The lowest BCUT2D eigenvalue weighted by Crippen LogP contribution is -2.50. The zero-order chi connectivity index (χ0) is 20.7. The summed E-state index contributed by atoms with van der Waals surface area (Å²) in [4.78, 5) is 32.5. The smallest absolute Gasteiger partial charge is 0.329 e. The van der Waals surface area contributed by atoms with E-state index in [1.165, 1.54) is 0 Å². The molecule has 1 N–H and O–H groups in total. The molecule has 0 spiro atoms. The van der Waals surface area contributed by atoms with Crippen LogP contribution in [0.3, 0.4) is 0 Å². The van der Waals surface area contributed by atoms with Crippen molar-refractivity contribution in [3.63, 3.8) is 0 Å². The van der Waals surface area contributed by atoms with E-state index in [1.54, 1.807) is 17.3 Å². The summed E-state index contributed by atoms with van der Waals surface area (Å²) < 4.78 is 5.47. The summed E-state index contributed by atoms with van der Waals surface area (Å²) in [6.45, 7) is 6.68. The quantitative estimate of drug-likeness (QED) is 0.783. The second-order valence-electron chi connectivity index (χ2n) is 8.44. The number of nitrogens with one attached hydrogen (secondary N) is 1. The summed E-state index contributed by atoms with van der Waals surface area (Å²) in [5.74, 6) is 2.80. The third-order valence-electron chi connectivity index (χ3n) is 6.32. The van der Waals surface area contributed by atoms with Gasteiger partial charge < -0.3 is 9.64 Å². The fourth-order valence-electron chi connectivity index (χ4n) is 4.67. The summed E-state index contributed by atoms with van der Waals surface area (Å²) in [6.07, 6.45) is 7.25. The van der Waals surface area contributed by atoms with Gasteiger partial charge >= 0.3 is 6.03 Å². The number of rotatable bonds is 4. The monoisotopic (exact) mass is 431 g/mol. The molecule has 0 radical (unpaired) electrons. The Labute approximate surface area is 180 Å². The van der Waals surface area contributed by atoms with Gasteiger partial charge in [-0.3, -0.25) is 15.1 Å². The Bertz CT molecular complexity index is 868. The number of aliphatic imine (C=N–C) groups is 1. The molecule has 2 amide bonds. The number of hydrogen-bond acceptors (Lipinski definition) is 7. The highest BCUT2D eigenvalue weighted by molar-refractivity contribution is 6.30. The van der Waals surface area contributed by atoms with E-state index in [-0.39, 0.29) is 11.9 Å². The zero-order valence-corrected chi connectivity index (χ0v) is 17.8. The Kier molecular flexibility index (Phi) is 5.34. The maximum absolute atomic E-state index is 12.8. The van der Waals surface area contributed by atoms with Crippen LogP contribution < -0.4 is 5.32 Å². The molecule has 30 heavy (non-hydrogen) atoms. The van der Waals surface area contributed by atoms with Crippen LogP contribution in [0, 0.1) is 11.8 Å². The molecule has 10 heteroatoms. The van der Waals surface area contributed by atoms with Crippen molar-refractivity contribution in [1.82, 2.24) is 30.0 Å². The van der Waals surface area contributed by atoms with Gasteiger partial charge in [-0.1, -0.05) is 18.5 Å². The number of carbonyl (C=O) groups is 1. The maximum Gasteiger partial charge on any atom is 0.329 e. The van der Waals surface area contributed by atoms with Crippen LogP contribution in [0.25, 0.3) is 0 Å². The molecule has 2 saturated heterocycles. The number of amides is 2. The number of ether oxygens (including phenoxy) is 1. The van der Waals surface area contributed by atoms with Crippen LogP contribution in [0.2, 0.25) is 5.02 Å². The Balaban J connectivity index is 1.29. The third kappa shape index (κ3) is 3.89. The number of aromatic nitrogens is 2. The Morgan fingerprint density at radius 3 is 2.77 bits per heavy atom. The minimum absolute atomic E-state index is 0.0903. The lowest BCUT2D eigenvalue weighted by atomic mass is 9.96. The number of likely N-dealkylation sites (tertiary alicyclic amines) is 1. The Morgan fingerprint density at radius 2 is 2.00 bits per heavy atom. The second-order valence-corrected chi connectivity index (χ2v) is 8.87. The summed E-state index contributed by atoms with van der Waals surface area (Å²) in [5.41, 5.74) is 0. The highest BCUT2D eigenvalue weighted by atomic mass is 35.5. The van der Waals surface area contributed by atoms with Gasteiger partial charge in [0, 0.05) is 56.9 Å². The van der Waals surface area contributed by atoms with Crippen molar-refractivity contribution in [2.75, 3.05) is 33.0 Å². The fourth-order valence-corrected chi connectivity index (χ4v) is 4.76. The average molecular weight is 432 g/mol. The van der Waals surface area contributed by atoms with Crippen molar-refractivity contribution in [1.29, 1.82) is 0 Å². The minimum atomic E-state index is -0.0903. The summed E-state index contributed by atoms with van der Waals surface area (Å²) in [7, 11) is 0. The molecule has 4 aliphatic heterocycles. The highest BCUT2D eigenvalue weighted by Crippen LogP contribution is 2.30. The van der Waals surface area contributed by atoms with Crippen LogP contribution in [0.1, 0.15) is 25.6 Å². The van der Waals surface area contributed by atoms with Crippen LogP contribution in [-0.4, -0.2) is 75.5 Å². The number of hydrogen-bond donors (Lipinski definition) is 1. The Morgan fingerprint density at radius 1 is 1.23 bits per heavy atom. The van der Waals surface area contributed by atoms with E-state index in [1.807, 2.05) is 6.20 Å². The molecule has 160 valence electrons. The van der Waals surface area contributed by atoms with Gasteiger partial charge in [-0.15, -0.1) is 0 Å². The first-order valence-electron chi connectivity index (χ1n) is 10.5. The van der Waals surface area contributed by atoms with E-state index in [9.17, 15) is 4.79 Å². The molecule has 2 fully saturated rings. The molecule has 1 aromatic heterocycles. The van der Waals surface area contributed by atoms with E-state index in [2.05, 4.69) is 32.0 Å². The van der Waals surface area contributed by atoms with Gasteiger partial charge in [0.15, 0.2) is 5.82 Å². The highest BCUT2D eigenvalue weighted by Gasteiger charge is 2.40. The molecule has 1 aromatic rings. The van der Waals surface area contributed by atoms with Crippen molar-refractivity contribution in [2.45, 2.75) is 32.4 Å². The molecule has 0 saturated carbocycles. The van der Waals surface area contributed by atoms with E-state index in [0.29, 0.717) is 30.2 Å². The molecule has 0 bridgehead atoms. The average Bonchev–Trinajstić information content (AvgIpc) is 3.34. The summed E-state index contributed by atoms with van der Waals surface area (Å²) >= 11 is 5.88. The van der Waals surface area contributed by atoms with Crippen molar-refractivity contribution in [3.8, 4) is 0 Å². The van der Waals surface area contributed by atoms with Crippen LogP contribution in [0.4, 0.5) is 4.79 Å². The first-order valence-corrected chi connectivity index (χ1v) is 10.9. The largest absolute Gasteiger partial charge is 0.381 e. The van der Waals surface area contributed by atoms with Crippen LogP contribution >= 0.6 is 11.6 Å². The molecule has 2 atom stereocenters. The van der Waals surface area contributed by atoms with Crippen molar-refractivity contribution in [2.24, 2.45) is 16.8 Å². The van der Waals surface area contributed by atoms with Crippen molar-refractivity contribution < 1.29 is 9.53 Å². The minimum Gasteiger partial charge on any atom is -0.381 e. The van der Waals surface area contributed by atoms with E-state index < -0.39 is 0 Å². The van der Waals surface area contributed by atoms with Gasteiger partial charge in [-0.2, -0.15) is 0 Å². The van der Waals surface area contributed by atoms with Crippen molar-refractivity contribution in [3.05, 3.63) is 35.3 Å².